The lowest BCUT2D eigenvalue weighted by Gasteiger charge is -2.08. The Labute approximate surface area is 74.3 Å². The van der Waals surface area contributed by atoms with Gasteiger partial charge in [-0.15, -0.1) is 0 Å². The van der Waals surface area contributed by atoms with Crippen LogP contribution in [-0.2, 0) is 0 Å². The fraction of sp³-hybridized carbons (Fsp3) is 0.100. The van der Waals surface area contributed by atoms with Crippen LogP contribution in [-0.4, -0.2) is 20.6 Å². The number of nitrogens with zero attached hydrogens (tertiary/aromatic N) is 1. The van der Waals surface area contributed by atoms with Crippen LogP contribution in [0.2, 0.25) is 0 Å². The molecule has 0 saturated heterocycles. The molecule has 0 amide bonds. The van der Waals surface area contributed by atoms with Gasteiger partial charge in [0.1, 0.15) is 7.85 Å². The maximum absolute atomic E-state index is 5.71. The number of hydrogen-bond acceptors (Lipinski definition) is 1. The van der Waals surface area contributed by atoms with Gasteiger partial charge < -0.3 is 0 Å². The van der Waals surface area contributed by atoms with Crippen molar-refractivity contribution < 1.29 is 0 Å². The molecule has 0 saturated carbocycles. The summed E-state index contributed by atoms with van der Waals surface area (Å²) in [6.45, 7) is 3.61. The number of rotatable bonds is 1. The molecule has 1 rings (SSSR count). The molecule has 1 aliphatic rings. The van der Waals surface area contributed by atoms with E-state index in [1.54, 1.807) is 13.1 Å². The third-order valence-corrected chi connectivity index (χ3v) is 1.68. The molecule has 0 aromatic rings. The fourth-order valence-corrected chi connectivity index (χ4v) is 1.02. The Bertz CT molecular complexity index is 306. The summed E-state index contributed by atoms with van der Waals surface area (Å²) in [5.41, 5.74) is 2.50. The molecule has 0 heterocycles. The van der Waals surface area contributed by atoms with Crippen LogP contribution < -0.4 is 0 Å². The van der Waals surface area contributed by atoms with Crippen LogP contribution in [0.4, 0.5) is 0 Å². The highest BCUT2D eigenvalue weighted by molar-refractivity contribution is 6.29. The quantitative estimate of drug-likeness (QED) is 0.512. The lowest BCUT2D eigenvalue weighted by atomic mass is 9.86. The minimum Gasteiger partial charge on any atom is -0.288 e. The van der Waals surface area contributed by atoms with E-state index in [1.807, 2.05) is 24.3 Å². The van der Waals surface area contributed by atoms with Gasteiger partial charge in [-0.2, -0.15) is 0 Å². The second-order valence-electron chi connectivity index (χ2n) is 2.40. The summed E-state index contributed by atoms with van der Waals surface area (Å²) in [6.07, 6.45) is 9.34. The molecule has 0 aromatic carbocycles. The minimum atomic E-state index is 0.663. The highest BCUT2D eigenvalue weighted by Gasteiger charge is 2.03. The van der Waals surface area contributed by atoms with Gasteiger partial charge in [0.15, 0.2) is 0 Å². The van der Waals surface area contributed by atoms with E-state index in [2.05, 4.69) is 11.6 Å². The van der Waals surface area contributed by atoms with Gasteiger partial charge >= 0.3 is 0 Å². The number of allylic oxidation sites excluding steroid dienone is 7. The normalized spacial score (nSPS) is 22.9. The van der Waals surface area contributed by atoms with Gasteiger partial charge in [-0.05, 0) is 11.6 Å². The van der Waals surface area contributed by atoms with E-state index in [4.69, 9.17) is 7.85 Å². The molecule has 0 aliphatic heterocycles. The molecule has 0 N–H and O–H groups in total. The zero-order valence-electron chi connectivity index (χ0n) is 7.12. The largest absolute Gasteiger partial charge is 0.288 e. The molecule has 0 aromatic heterocycles. The highest BCUT2D eigenvalue weighted by Crippen LogP contribution is 2.12. The lowest BCUT2D eigenvalue weighted by molar-refractivity contribution is 1.43. The molecule has 12 heavy (non-hydrogen) atoms. The van der Waals surface area contributed by atoms with E-state index < -0.39 is 0 Å². The van der Waals surface area contributed by atoms with Gasteiger partial charge in [-0.3, -0.25) is 4.99 Å². The zero-order chi connectivity index (χ0) is 8.97. The Balaban J connectivity index is 3.14. The molecular weight excluding hydrogens is 145 g/mol. The summed E-state index contributed by atoms with van der Waals surface area (Å²) in [5, 5.41) is 0. The molecule has 2 heteroatoms. The second-order valence-corrected chi connectivity index (χ2v) is 2.40. The summed E-state index contributed by atoms with van der Waals surface area (Å²) in [6, 6.07) is 0. The first-order valence-electron chi connectivity index (χ1n) is 3.73. The van der Waals surface area contributed by atoms with E-state index >= 15 is 0 Å². The predicted octanol–water partition coefficient (Wildman–Crippen LogP) is 1.79. The van der Waals surface area contributed by atoms with Crippen molar-refractivity contribution in [3.63, 3.8) is 0 Å². The minimum absolute atomic E-state index is 0.663. The van der Waals surface area contributed by atoms with Gasteiger partial charge in [0.25, 0.3) is 0 Å². The maximum Gasteiger partial charge on any atom is 0.114 e. The third-order valence-electron chi connectivity index (χ3n) is 1.68. The van der Waals surface area contributed by atoms with E-state index in [9.17, 15) is 0 Å². The van der Waals surface area contributed by atoms with Gasteiger partial charge in [0, 0.05) is 7.05 Å². The van der Waals surface area contributed by atoms with Crippen molar-refractivity contribution in [3.8, 4) is 0 Å². The Hall–Kier alpha value is -1.31. The first-order chi connectivity index (χ1) is 5.79. The zero-order valence-corrected chi connectivity index (χ0v) is 7.12. The molecule has 0 unspecified atom stereocenters. The van der Waals surface area contributed by atoms with Crippen molar-refractivity contribution in [1.82, 2.24) is 0 Å². The topological polar surface area (TPSA) is 12.4 Å². The van der Waals surface area contributed by atoms with Crippen molar-refractivity contribution >= 4 is 13.6 Å². The van der Waals surface area contributed by atoms with E-state index in [0.717, 1.165) is 11.3 Å². The van der Waals surface area contributed by atoms with Crippen molar-refractivity contribution in [3.05, 3.63) is 48.0 Å². The molecule has 0 fully saturated rings. The van der Waals surface area contributed by atoms with Crippen molar-refractivity contribution in [2.24, 2.45) is 4.99 Å². The number of hydrogen-bond donors (Lipinski definition) is 0. The van der Waals surface area contributed by atoms with Crippen LogP contribution >= 0.6 is 0 Å². The summed E-state index contributed by atoms with van der Waals surface area (Å²) in [4.78, 5) is 4.09. The summed E-state index contributed by atoms with van der Waals surface area (Å²) >= 11 is 0. The van der Waals surface area contributed by atoms with Crippen LogP contribution in [0.15, 0.2) is 53.0 Å². The maximum atomic E-state index is 5.71. The summed E-state index contributed by atoms with van der Waals surface area (Å²) in [7, 11) is 7.45. The molecule has 1 aliphatic carbocycles. The molecule has 2 radical (unpaired) electrons. The predicted molar refractivity (Wildman–Crippen MR) is 54.6 cm³/mol. The first kappa shape index (κ1) is 8.79. The SMILES string of the molecule is [B]/C(C=C)=C1\C=CC=CC1=NC. The third kappa shape index (κ3) is 1.64. The fourth-order valence-electron chi connectivity index (χ4n) is 1.02. The Kier molecular flexibility index (Phi) is 2.86. The highest BCUT2D eigenvalue weighted by atomic mass is 14.7. The van der Waals surface area contributed by atoms with E-state index in [0.29, 0.717) is 5.47 Å². The average molecular weight is 155 g/mol. The molecule has 1 nitrogen and oxygen atoms in total. The first-order valence-corrected chi connectivity index (χ1v) is 3.73. The summed E-state index contributed by atoms with van der Waals surface area (Å²) in [5.74, 6) is 0. The van der Waals surface area contributed by atoms with Crippen LogP contribution in [0.5, 0.6) is 0 Å². The Morgan fingerprint density at radius 2 is 2.17 bits per heavy atom. The van der Waals surface area contributed by atoms with Crippen molar-refractivity contribution in [1.29, 1.82) is 0 Å². The molecular formula is C10H10BN. The monoisotopic (exact) mass is 155 g/mol. The van der Waals surface area contributed by atoms with E-state index in [-0.39, 0.29) is 0 Å². The van der Waals surface area contributed by atoms with Crippen molar-refractivity contribution in [2.75, 3.05) is 7.05 Å². The van der Waals surface area contributed by atoms with E-state index in [1.165, 1.54) is 0 Å². The smallest absolute Gasteiger partial charge is 0.114 e. The van der Waals surface area contributed by atoms with Gasteiger partial charge in [0.05, 0.1) is 5.71 Å². The van der Waals surface area contributed by atoms with Crippen molar-refractivity contribution in [2.45, 2.75) is 0 Å². The van der Waals surface area contributed by atoms with Gasteiger partial charge in [-0.1, -0.05) is 36.4 Å². The molecule has 0 spiro atoms. The number of aliphatic imine (C=N–C) groups is 1. The summed E-state index contributed by atoms with van der Waals surface area (Å²) < 4.78 is 0. The van der Waals surface area contributed by atoms with Crippen LogP contribution in [0, 0.1) is 0 Å². The molecule has 58 valence electrons. The van der Waals surface area contributed by atoms with Crippen LogP contribution in [0.25, 0.3) is 0 Å². The average Bonchev–Trinajstić information content (AvgIpc) is 2.16. The van der Waals surface area contributed by atoms with Gasteiger partial charge in [-0.25, -0.2) is 0 Å². The molecule has 0 bridgehead atoms. The van der Waals surface area contributed by atoms with Crippen LogP contribution in [0.1, 0.15) is 0 Å². The Morgan fingerprint density at radius 1 is 1.50 bits per heavy atom. The van der Waals surface area contributed by atoms with Crippen LogP contribution in [0.3, 0.4) is 0 Å². The second kappa shape index (κ2) is 3.91. The Morgan fingerprint density at radius 3 is 2.75 bits per heavy atom. The van der Waals surface area contributed by atoms with Gasteiger partial charge in [0.2, 0.25) is 0 Å². The lowest BCUT2D eigenvalue weighted by Crippen LogP contribution is -2.02. The molecule has 0 atom stereocenters. The standard InChI is InChI=1S/C10H10BN/c1-3-9(11)8-6-4-5-7-10(8)12-2/h3-7H,1H2,2H3/b9-8+,12-10?.